The Morgan fingerprint density at radius 2 is 1.85 bits per heavy atom. The average molecular weight is 456 g/mol. The summed E-state index contributed by atoms with van der Waals surface area (Å²) in [7, 11) is 0. The number of hydrogen-bond acceptors (Lipinski definition) is 4. The van der Waals surface area contributed by atoms with Gasteiger partial charge in [0.2, 0.25) is 5.91 Å². The number of rotatable bonds is 5. The third kappa shape index (κ3) is 4.25. The number of fused-ring (bicyclic) bond motifs is 1. The molecular weight excluding hydrogens is 426 g/mol. The summed E-state index contributed by atoms with van der Waals surface area (Å²) in [5.74, 6) is 0.499. The highest BCUT2D eigenvalue weighted by atomic mass is 16.2. The van der Waals surface area contributed by atoms with Gasteiger partial charge in [-0.15, -0.1) is 0 Å². The summed E-state index contributed by atoms with van der Waals surface area (Å²) in [6.07, 6.45) is 6.63. The summed E-state index contributed by atoms with van der Waals surface area (Å²) in [5, 5.41) is 7.73. The molecular formula is C27H29N5O2. The van der Waals surface area contributed by atoms with Gasteiger partial charge in [0.1, 0.15) is 11.4 Å². The number of hydrogen-bond donors (Lipinski definition) is 1. The van der Waals surface area contributed by atoms with Crippen LogP contribution in [0.1, 0.15) is 53.4 Å². The summed E-state index contributed by atoms with van der Waals surface area (Å²) in [5.41, 5.74) is 6.59. The predicted octanol–water partition coefficient (Wildman–Crippen LogP) is 3.67. The van der Waals surface area contributed by atoms with Crippen LogP contribution >= 0.6 is 0 Å². The molecule has 1 N–H and O–H groups in total. The summed E-state index contributed by atoms with van der Waals surface area (Å²) in [6.45, 7) is 6.70. The van der Waals surface area contributed by atoms with Crippen LogP contribution < -0.4 is 5.32 Å². The van der Waals surface area contributed by atoms with Crippen LogP contribution in [0.4, 0.5) is 0 Å². The van der Waals surface area contributed by atoms with Gasteiger partial charge in [0.05, 0.1) is 13.0 Å². The van der Waals surface area contributed by atoms with Gasteiger partial charge in [-0.1, -0.05) is 44.2 Å². The van der Waals surface area contributed by atoms with Gasteiger partial charge in [-0.3, -0.25) is 19.3 Å². The van der Waals surface area contributed by atoms with E-state index in [-0.39, 0.29) is 11.8 Å². The van der Waals surface area contributed by atoms with Crippen LogP contribution in [0, 0.1) is 0 Å². The number of aromatic nitrogens is 3. The Morgan fingerprint density at radius 1 is 1.09 bits per heavy atom. The monoisotopic (exact) mass is 455 g/mol. The van der Waals surface area contributed by atoms with Crippen molar-refractivity contribution >= 4 is 17.4 Å². The van der Waals surface area contributed by atoms with E-state index in [4.69, 9.17) is 5.10 Å². The SMILES string of the molecule is CC(C)c1ccc(CC(=O)N2CC=C(c3c(-c4ccncc4)nn4c3C(=O)NCC4)CC2)cc1. The van der Waals surface area contributed by atoms with Crippen molar-refractivity contribution in [3.63, 3.8) is 0 Å². The number of carbonyl (C=O) groups excluding carboxylic acids is 2. The van der Waals surface area contributed by atoms with Crippen LogP contribution in [0.3, 0.4) is 0 Å². The number of carbonyl (C=O) groups is 2. The molecule has 0 atom stereocenters. The first kappa shape index (κ1) is 22.1. The molecule has 7 heteroatoms. The molecule has 0 radical (unpaired) electrons. The predicted molar refractivity (Wildman–Crippen MR) is 131 cm³/mol. The molecule has 0 aliphatic carbocycles. The van der Waals surface area contributed by atoms with E-state index in [0.717, 1.165) is 28.0 Å². The first-order valence-electron chi connectivity index (χ1n) is 11.9. The third-order valence-electron chi connectivity index (χ3n) is 6.62. The minimum atomic E-state index is -0.0988. The Hall–Kier alpha value is -3.74. The number of amides is 2. The second-order valence-corrected chi connectivity index (χ2v) is 9.18. The molecule has 2 aromatic heterocycles. The van der Waals surface area contributed by atoms with Crippen molar-refractivity contribution in [3.8, 4) is 11.3 Å². The van der Waals surface area contributed by atoms with Crippen LogP contribution in [-0.4, -0.2) is 51.1 Å². The minimum absolute atomic E-state index is 0.0988. The normalized spacial score (nSPS) is 15.7. The molecule has 0 bridgehead atoms. The zero-order valence-corrected chi connectivity index (χ0v) is 19.6. The maximum absolute atomic E-state index is 13.0. The van der Waals surface area contributed by atoms with E-state index >= 15 is 0 Å². The van der Waals surface area contributed by atoms with Gasteiger partial charge in [-0.05, 0) is 41.2 Å². The Labute approximate surface area is 199 Å². The lowest BCUT2D eigenvalue weighted by atomic mass is 9.93. The quantitative estimate of drug-likeness (QED) is 0.637. The van der Waals surface area contributed by atoms with Gasteiger partial charge in [-0.2, -0.15) is 5.10 Å². The Morgan fingerprint density at radius 3 is 2.53 bits per heavy atom. The molecule has 0 fully saturated rings. The van der Waals surface area contributed by atoms with E-state index in [2.05, 4.69) is 54.5 Å². The Bertz CT molecular complexity index is 1240. The molecule has 0 saturated heterocycles. The maximum atomic E-state index is 13.0. The fourth-order valence-electron chi connectivity index (χ4n) is 4.66. The van der Waals surface area contributed by atoms with E-state index in [1.54, 1.807) is 12.4 Å². The highest BCUT2D eigenvalue weighted by Gasteiger charge is 2.30. The van der Waals surface area contributed by atoms with E-state index in [9.17, 15) is 9.59 Å². The maximum Gasteiger partial charge on any atom is 0.270 e. The molecule has 0 saturated carbocycles. The van der Waals surface area contributed by atoms with Crippen molar-refractivity contribution in [1.82, 2.24) is 25.0 Å². The number of benzene rings is 1. The molecule has 174 valence electrons. The lowest BCUT2D eigenvalue weighted by molar-refractivity contribution is -0.130. The van der Waals surface area contributed by atoms with E-state index in [1.807, 2.05) is 21.7 Å². The third-order valence-corrected chi connectivity index (χ3v) is 6.62. The number of nitrogens with zero attached hydrogens (tertiary/aromatic N) is 4. The van der Waals surface area contributed by atoms with Crippen molar-refractivity contribution in [2.45, 2.75) is 39.2 Å². The van der Waals surface area contributed by atoms with Crippen LogP contribution in [0.5, 0.6) is 0 Å². The van der Waals surface area contributed by atoms with Crippen LogP contribution in [0.2, 0.25) is 0 Å². The molecule has 2 aliphatic heterocycles. The molecule has 0 spiro atoms. The van der Waals surface area contributed by atoms with Crippen LogP contribution in [0.15, 0.2) is 54.9 Å². The molecule has 4 heterocycles. The molecule has 2 aliphatic rings. The molecule has 7 nitrogen and oxygen atoms in total. The van der Waals surface area contributed by atoms with Crippen LogP contribution in [-0.2, 0) is 17.8 Å². The van der Waals surface area contributed by atoms with E-state index < -0.39 is 0 Å². The van der Waals surface area contributed by atoms with Gasteiger partial charge < -0.3 is 10.2 Å². The Kier molecular flexibility index (Phi) is 6.01. The van der Waals surface area contributed by atoms with Crippen molar-refractivity contribution in [3.05, 3.63) is 77.3 Å². The standard InChI is InChI=1S/C27H29N5O2/c1-18(2)20-5-3-19(4-6-20)17-23(33)31-14-9-21(10-15-31)24-25(22-7-11-28-12-8-22)30-32-16-13-29-27(34)26(24)32/h3-9,11-12,18H,10,13-17H2,1-2H3,(H,29,34). The van der Waals surface area contributed by atoms with Crippen LogP contribution in [0.25, 0.3) is 16.8 Å². The molecule has 5 rings (SSSR count). The minimum Gasteiger partial charge on any atom is -0.349 e. The lowest BCUT2D eigenvalue weighted by Crippen LogP contribution is -2.37. The number of pyridine rings is 1. The molecule has 0 unspecified atom stereocenters. The average Bonchev–Trinajstić information content (AvgIpc) is 3.26. The molecule has 34 heavy (non-hydrogen) atoms. The topological polar surface area (TPSA) is 80.1 Å². The summed E-state index contributed by atoms with van der Waals surface area (Å²) >= 11 is 0. The van der Waals surface area contributed by atoms with Gasteiger partial charge in [0, 0.05) is 43.2 Å². The highest BCUT2D eigenvalue weighted by Crippen LogP contribution is 2.35. The summed E-state index contributed by atoms with van der Waals surface area (Å²) < 4.78 is 1.81. The first-order valence-corrected chi connectivity index (χ1v) is 11.9. The lowest BCUT2D eigenvalue weighted by Gasteiger charge is -2.27. The van der Waals surface area contributed by atoms with Crippen molar-refractivity contribution in [2.75, 3.05) is 19.6 Å². The second kappa shape index (κ2) is 9.25. The number of nitrogens with one attached hydrogen (secondary N) is 1. The summed E-state index contributed by atoms with van der Waals surface area (Å²) in [6, 6.07) is 12.2. The fraction of sp³-hybridized carbons (Fsp3) is 0.333. The fourth-order valence-corrected chi connectivity index (χ4v) is 4.66. The van der Waals surface area contributed by atoms with Gasteiger partial charge in [0.25, 0.3) is 5.91 Å². The smallest absolute Gasteiger partial charge is 0.270 e. The van der Waals surface area contributed by atoms with Crippen molar-refractivity contribution < 1.29 is 9.59 Å². The molecule has 3 aromatic rings. The first-order chi connectivity index (χ1) is 16.5. The van der Waals surface area contributed by atoms with E-state index in [0.29, 0.717) is 50.6 Å². The molecule has 1 aromatic carbocycles. The summed E-state index contributed by atoms with van der Waals surface area (Å²) in [4.78, 5) is 31.7. The Balaban J connectivity index is 1.38. The zero-order chi connectivity index (χ0) is 23.7. The van der Waals surface area contributed by atoms with Gasteiger partial charge in [-0.25, -0.2) is 0 Å². The largest absolute Gasteiger partial charge is 0.349 e. The van der Waals surface area contributed by atoms with Gasteiger partial charge in [0.15, 0.2) is 0 Å². The second-order valence-electron chi connectivity index (χ2n) is 9.18. The van der Waals surface area contributed by atoms with E-state index in [1.165, 1.54) is 5.56 Å². The van der Waals surface area contributed by atoms with Crippen molar-refractivity contribution in [1.29, 1.82) is 0 Å². The van der Waals surface area contributed by atoms with Gasteiger partial charge >= 0.3 is 0 Å². The zero-order valence-electron chi connectivity index (χ0n) is 19.6. The van der Waals surface area contributed by atoms with Crippen molar-refractivity contribution in [2.24, 2.45) is 0 Å². The molecule has 2 amide bonds. The highest BCUT2D eigenvalue weighted by molar-refractivity contribution is 6.01.